The van der Waals surface area contributed by atoms with Gasteiger partial charge < -0.3 is 13.6 Å². The molecular weight excluding hydrogens is 585 g/mol. The molecule has 3 heterocycles. The molecule has 0 aliphatic heterocycles. The summed E-state index contributed by atoms with van der Waals surface area (Å²) in [6.07, 6.45) is 6.27. The van der Waals surface area contributed by atoms with Crippen molar-refractivity contribution in [1.82, 2.24) is 9.13 Å². The summed E-state index contributed by atoms with van der Waals surface area (Å²) in [5.74, 6) is 0.741. The van der Waals surface area contributed by atoms with E-state index in [4.69, 9.17) is 4.42 Å². The van der Waals surface area contributed by atoms with Crippen LogP contribution in [0, 0.1) is 12.8 Å². The maximum Gasteiger partial charge on any atom is 0.135 e. The first kappa shape index (κ1) is 28.9. The van der Waals surface area contributed by atoms with Crippen LogP contribution in [0.15, 0.2) is 126 Å². The van der Waals surface area contributed by atoms with Gasteiger partial charge in [0, 0.05) is 43.7 Å². The monoisotopic (exact) mass is 624 g/mol. The van der Waals surface area contributed by atoms with E-state index in [1.54, 1.807) is 0 Å². The number of para-hydroxylation sites is 2. The average Bonchev–Trinajstić information content (AvgIpc) is 3.76. The van der Waals surface area contributed by atoms with Crippen LogP contribution in [0.3, 0.4) is 0 Å². The molecule has 0 saturated heterocycles. The Kier molecular flexibility index (Phi) is 6.90. The van der Waals surface area contributed by atoms with Crippen LogP contribution < -0.4 is 0 Å². The van der Waals surface area contributed by atoms with Crippen molar-refractivity contribution in [3.8, 4) is 11.4 Å². The Morgan fingerprint density at radius 3 is 1.94 bits per heavy atom. The maximum atomic E-state index is 6.17. The third-order valence-electron chi connectivity index (χ3n) is 10.6. The van der Waals surface area contributed by atoms with E-state index in [-0.39, 0.29) is 0 Å². The summed E-state index contributed by atoms with van der Waals surface area (Å²) in [6.45, 7) is 6.85. The maximum absolute atomic E-state index is 6.17. The Labute approximate surface area is 281 Å². The molecule has 0 radical (unpaired) electrons. The van der Waals surface area contributed by atoms with Gasteiger partial charge in [-0.1, -0.05) is 93.6 Å². The summed E-state index contributed by atoms with van der Waals surface area (Å²) < 4.78 is 11.0. The third kappa shape index (κ3) is 4.56. The topological polar surface area (TPSA) is 23.0 Å². The standard InChI is InChI=1S/C45H40N2O/c1-4-6-11-30(5-2)25-31-17-21-42-37(26-31)36-24-29(3)16-20-41(36)47(42)32-18-22-43-38(27-32)34-12-7-9-14-40(34)46(43)33-19-23-45-39(28-33)35-13-8-10-15-44(35)48-45/h7-10,12-24,26-28,30H,4-6,11,25H2,1-3H3. The van der Waals surface area contributed by atoms with Crippen LogP contribution in [0.25, 0.3) is 76.9 Å². The molecule has 1 atom stereocenters. The van der Waals surface area contributed by atoms with Gasteiger partial charge >= 0.3 is 0 Å². The van der Waals surface area contributed by atoms with Gasteiger partial charge in [-0.2, -0.15) is 0 Å². The zero-order valence-corrected chi connectivity index (χ0v) is 28.0. The molecule has 1 unspecified atom stereocenters. The Morgan fingerprint density at radius 2 is 1.15 bits per heavy atom. The van der Waals surface area contributed by atoms with E-state index in [2.05, 4.69) is 139 Å². The fraction of sp³-hybridized carbons (Fsp3) is 0.200. The van der Waals surface area contributed by atoms with Gasteiger partial charge in [0.1, 0.15) is 11.2 Å². The van der Waals surface area contributed by atoms with E-state index in [0.717, 1.165) is 40.0 Å². The molecule has 0 N–H and O–H groups in total. The zero-order chi connectivity index (χ0) is 32.4. The Balaban J connectivity index is 1.23. The highest BCUT2D eigenvalue weighted by molar-refractivity contribution is 6.13. The van der Waals surface area contributed by atoms with E-state index in [9.17, 15) is 0 Å². The molecule has 6 aromatic carbocycles. The molecule has 236 valence electrons. The van der Waals surface area contributed by atoms with E-state index >= 15 is 0 Å². The normalized spacial score (nSPS) is 12.8. The van der Waals surface area contributed by atoms with E-state index in [1.165, 1.54) is 86.1 Å². The SMILES string of the molecule is CCCCC(CC)Cc1ccc2c(c1)c1cc(C)ccc1n2-c1ccc2c(c1)c1ccccc1n2-c1ccc2oc3ccccc3c2c1. The van der Waals surface area contributed by atoms with Gasteiger partial charge in [0.25, 0.3) is 0 Å². The number of aromatic nitrogens is 2. The molecule has 0 aliphatic carbocycles. The second-order valence-electron chi connectivity index (χ2n) is 13.7. The second-order valence-corrected chi connectivity index (χ2v) is 13.7. The fourth-order valence-corrected chi connectivity index (χ4v) is 8.10. The Morgan fingerprint density at radius 1 is 0.542 bits per heavy atom. The van der Waals surface area contributed by atoms with E-state index in [1.807, 2.05) is 12.1 Å². The highest BCUT2D eigenvalue weighted by atomic mass is 16.3. The van der Waals surface area contributed by atoms with Crippen molar-refractivity contribution in [2.75, 3.05) is 0 Å². The lowest BCUT2D eigenvalue weighted by atomic mass is 9.91. The summed E-state index contributed by atoms with van der Waals surface area (Å²) in [7, 11) is 0. The van der Waals surface area contributed by atoms with Gasteiger partial charge in [-0.25, -0.2) is 0 Å². The molecule has 9 rings (SSSR count). The molecule has 0 saturated carbocycles. The minimum Gasteiger partial charge on any atom is -0.456 e. The van der Waals surface area contributed by atoms with Gasteiger partial charge in [-0.3, -0.25) is 0 Å². The molecule has 3 aromatic heterocycles. The quantitative estimate of drug-likeness (QED) is 0.165. The molecule has 0 fully saturated rings. The van der Waals surface area contributed by atoms with Crippen LogP contribution in [0.1, 0.15) is 50.7 Å². The van der Waals surface area contributed by atoms with Gasteiger partial charge in [-0.15, -0.1) is 0 Å². The Hall–Kier alpha value is -5.28. The molecule has 0 aliphatic rings. The van der Waals surface area contributed by atoms with E-state index < -0.39 is 0 Å². The van der Waals surface area contributed by atoms with Crippen molar-refractivity contribution >= 4 is 65.6 Å². The minimum atomic E-state index is 0.741. The van der Waals surface area contributed by atoms with Crippen LogP contribution in [-0.2, 0) is 6.42 Å². The summed E-state index contributed by atoms with van der Waals surface area (Å²) in [4.78, 5) is 0. The van der Waals surface area contributed by atoms with Gasteiger partial charge in [0.05, 0.1) is 22.1 Å². The lowest BCUT2D eigenvalue weighted by molar-refractivity contribution is 0.449. The van der Waals surface area contributed by atoms with Crippen molar-refractivity contribution in [3.05, 3.63) is 132 Å². The van der Waals surface area contributed by atoms with Crippen molar-refractivity contribution in [3.63, 3.8) is 0 Å². The summed E-state index contributed by atoms with van der Waals surface area (Å²) in [5, 5.41) is 7.47. The first-order chi connectivity index (χ1) is 23.6. The number of rotatable bonds is 8. The molecule has 9 aromatic rings. The van der Waals surface area contributed by atoms with Gasteiger partial charge in [0.2, 0.25) is 0 Å². The largest absolute Gasteiger partial charge is 0.456 e. The van der Waals surface area contributed by atoms with Crippen LogP contribution in [0.5, 0.6) is 0 Å². The average molecular weight is 625 g/mol. The number of nitrogens with zero attached hydrogens (tertiary/aromatic N) is 2. The number of furan rings is 1. The lowest BCUT2D eigenvalue weighted by Gasteiger charge is -2.15. The lowest BCUT2D eigenvalue weighted by Crippen LogP contribution is -2.03. The molecule has 3 heteroatoms. The first-order valence-corrected chi connectivity index (χ1v) is 17.6. The predicted octanol–water partition coefficient (Wildman–Crippen LogP) is 12.8. The molecule has 0 amide bonds. The smallest absolute Gasteiger partial charge is 0.135 e. The van der Waals surface area contributed by atoms with Crippen LogP contribution >= 0.6 is 0 Å². The third-order valence-corrected chi connectivity index (χ3v) is 10.6. The number of unbranched alkanes of at least 4 members (excludes halogenated alkanes) is 1. The number of hydrogen-bond donors (Lipinski definition) is 0. The number of hydrogen-bond acceptors (Lipinski definition) is 1. The molecular formula is C45H40N2O. The summed E-state index contributed by atoms with van der Waals surface area (Å²) in [5.41, 5.74) is 11.8. The van der Waals surface area contributed by atoms with Gasteiger partial charge in [-0.05, 0) is 97.6 Å². The predicted molar refractivity (Wildman–Crippen MR) is 204 cm³/mol. The van der Waals surface area contributed by atoms with E-state index in [0.29, 0.717) is 0 Å². The van der Waals surface area contributed by atoms with Gasteiger partial charge in [0.15, 0.2) is 0 Å². The zero-order valence-electron chi connectivity index (χ0n) is 28.0. The second kappa shape index (κ2) is 11.5. The van der Waals surface area contributed by atoms with Crippen molar-refractivity contribution in [2.45, 2.75) is 52.9 Å². The first-order valence-electron chi connectivity index (χ1n) is 17.6. The highest BCUT2D eigenvalue weighted by Gasteiger charge is 2.18. The number of fused-ring (bicyclic) bond motifs is 9. The van der Waals surface area contributed by atoms with Crippen LogP contribution in [-0.4, -0.2) is 9.13 Å². The summed E-state index contributed by atoms with van der Waals surface area (Å²) >= 11 is 0. The fourth-order valence-electron chi connectivity index (χ4n) is 8.10. The van der Waals surface area contributed by atoms with Crippen LogP contribution in [0.4, 0.5) is 0 Å². The minimum absolute atomic E-state index is 0.741. The molecule has 0 bridgehead atoms. The molecule has 3 nitrogen and oxygen atoms in total. The van der Waals surface area contributed by atoms with Crippen molar-refractivity contribution in [1.29, 1.82) is 0 Å². The van der Waals surface area contributed by atoms with Crippen LogP contribution in [0.2, 0.25) is 0 Å². The Bertz CT molecular complexity index is 2650. The molecule has 48 heavy (non-hydrogen) atoms. The van der Waals surface area contributed by atoms with Crippen molar-refractivity contribution in [2.24, 2.45) is 5.92 Å². The van der Waals surface area contributed by atoms with Crippen molar-refractivity contribution < 1.29 is 4.42 Å². The molecule has 0 spiro atoms. The summed E-state index contributed by atoms with van der Waals surface area (Å²) in [6, 6.07) is 44.8. The number of benzene rings is 6. The number of aryl methyl sites for hydroxylation is 1. The highest BCUT2D eigenvalue weighted by Crippen LogP contribution is 2.39.